The molecule has 3 nitrogen and oxygen atoms in total. The zero-order chi connectivity index (χ0) is 14.3. The van der Waals surface area contributed by atoms with Crippen LogP contribution < -0.4 is 5.32 Å². The van der Waals surface area contributed by atoms with Gasteiger partial charge in [-0.1, -0.05) is 32.0 Å². The summed E-state index contributed by atoms with van der Waals surface area (Å²) in [5.41, 5.74) is 3.76. The third-order valence-corrected chi connectivity index (χ3v) is 3.92. The molecule has 0 fully saturated rings. The first-order valence-electron chi connectivity index (χ1n) is 7.26. The predicted molar refractivity (Wildman–Crippen MR) is 81.5 cm³/mol. The maximum atomic E-state index is 9.60. The van der Waals surface area contributed by atoms with Crippen molar-refractivity contribution in [2.75, 3.05) is 32.8 Å². The molecule has 1 atom stereocenters. The van der Waals surface area contributed by atoms with E-state index >= 15 is 0 Å². The predicted octanol–water partition coefficient (Wildman–Crippen LogP) is 2.27. The lowest BCUT2D eigenvalue weighted by molar-refractivity contribution is 0.233. The molecule has 0 radical (unpaired) electrons. The van der Waals surface area contributed by atoms with Crippen molar-refractivity contribution < 1.29 is 5.11 Å². The molecule has 0 amide bonds. The van der Waals surface area contributed by atoms with Crippen molar-refractivity contribution in [3.63, 3.8) is 0 Å². The van der Waals surface area contributed by atoms with Gasteiger partial charge in [-0.25, -0.2) is 0 Å². The summed E-state index contributed by atoms with van der Waals surface area (Å²) in [5.74, 6) is 0. The normalized spacial score (nSPS) is 12.9. The highest BCUT2D eigenvalue weighted by Gasteiger charge is 2.13. The van der Waals surface area contributed by atoms with Crippen LogP contribution in [0.25, 0.3) is 0 Å². The standard InChI is InChI=1S/C16H28N2O/c1-5-18(6-2)11-10-17-16(12-19)15-9-7-8-13(3)14(15)4/h7-9,16-17,19H,5-6,10-12H2,1-4H3. The van der Waals surface area contributed by atoms with E-state index in [1.165, 1.54) is 16.7 Å². The molecular formula is C16H28N2O. The Morgan fingerprint density at radius 1 is 1.21 bits per heavy atom. The Balaban J connectivity index is 2.61. The molecule has 1 aromatic rings. The summed E-state index contributed by atoms with van der Waals surface area (Å²) in [5, 5.41) is 13.1. The van der Waals surface area contributed by atoms with Gasteiger partial charge in [0.25, 0.3) is 0 Å². The van der Waals surface area contributed by atoms with Crippen LogP contribution in [0.1, 0.15) is 36.6 Å². The highest BCUT2D eigenvalue weighted by molar-refractivity contribution is 5.35. The largest absolute Gasteiger partial charge is 0.394 e. The minimum absolute atomic E-state index is 0.0375. The van der Waals surface area contributed by atoms with Gasteiger partial charge < -0.3 is 15.3 Å². The molecule has 0 aliphatic carbocycles. The number of hydrogen-bond donors (Lipinski definition) is 2. The van der Waals surface area contributed by atoms with Crippen LogP contribution in [-0.2, 0) is 0 Å². The molecule has 0 saturated carbocycles. The third-order valence-electron chi connectivity index (χ3n) is 3.92. The Hall–Kier alpha value is -0.900. The fourth-order valence-electron chi connectivity index (χ4n) is 2.36. The number of likely N-dealkylation sites (N-methyl/N-ethyl adjacent to an activating group) is 1. The molecule has 0 aliphatic rings. The minimum Gasteiger partial charge on any atom is -0.394 e. The quantitative estimate of drug-likeness (QED) is 0.756. The molecule has 0 saturated heterocycles. The Morgan fingerprint density at radius 2 is 1.89 bits per heavy atom. The number of benzene rings is 1. The van der Waals surface area contributed by atoms with Gasteiger partial charge in [-0.3, -0.25) is 0 Å². The Labute approximate surface area is 117 Å². The SMILES string of the molecule is CCN(CC)CCNC(CO)c1cccc(C)c1C. The van der Waals surface area contributed by atoms with E-state index in [-0.39, 0.29) is 12.6 Å². The number of nitrogens with one attached hydrogen (secondary N) is 1. The fraction of sp³-hybridized carbons (Fsp3) is 0.625. The number of hydrogen-bond acceptors (Lipinski definition) is 3. The van der Waals surface area contributed by atoms with Gasteiger partial charge in [0.15, 0.2) is 0 Å². The Morgan fingerprint density at radius 3 is 2.47 bits per heavy atom. The lowest BCUT2D eigenvalue weighted by Crippen LogP contribution is -2.35. The van der Waals surface area contributed by atoms with Gasteiger partial charge >= 0.3 is 0 Å². The second-order valence-corrected chi connectivity index (χ2v) is 5.01. The van der Waals surface area contributed by atoms with Gasteiger partial charge in [0.05, 0.1) is 12.6 Å². The van der Waals surface area contributed by atoms with Crippen molar-refractivity contribution in [3.8, 4) is 0 Å². The molecule has 0 heterocycles. The average Bonchev–Trinajstić information content (AvgIpc) is 2.43. The topological polar surface area (TPSA) is 35.5 Å². The molecule has 1 rings (SSSR count). The van der Waals surface area contributed by atoms with Gasteiger partial charge in [-0.2, -0.15) is 0 Å². The maximum absolute atomic E-state index is 9.60. The Kier molecular flexibility index (Phi) is 7.06. The van der Waals surface area contributed by atoms with E-state index in [2.05, 4.69) is 56.1 Å². The number of nitrogens with zero attached hydrogens (tertiary/aromatic N) is 1. The zero-order valence-corrected chi connectivity index (χ0v) is 12.7. The second kappa shape index (κ2) is 8.31. The van der Waals surface area contributed by atoms with Crippen LogP contribution in [0.3, 0.4) is 0 Å². The van der Waals surface area contributed by atoms with Crippen LogP contribution in [0.15, 0.2) is 18.2 Å². The van der Waals surface area contributed by atoms with E-state index in [0.29, 0.717) is 0 Å². The van der Waals surface area contributed by atoms with Gasteiger partial charge in [-0.05, 0) is 43.6 Å². The molecule has 0 aromatic heterocycles. The number of rotatable bonds is 8. The van der Waals surface area contributed by atoms with E-state index in [9.17, 15) is 5.11 Å². The van der Waals surface area contributed by atoms with Crippen LogP contribution in [0, 0.1) is 13.8 Å². The van der Waals surface area contributed by atoms with Crippen molar-refractivity contribution in [2.45, 2.75) is 33.7 Å². The molecule has 3 heteroatoms. The van der Waals surface area contributed by atoms with Crippen LogP contribution >= 0.6 is 0 Å². The molecular weight excluding hydrogens is 236 g/mol. The summed E-state index contributed by atoms with van der Waals surface area (Å²) in [4.78, 5) is 2.38. The first-order valence-corrected chi connectivity index (χ1v) is 7.26. The molecule has 0 aliphatic heterocycles. The van der Waals surface area contributed by atoms with Crippen LogP contribution in [0.4, 0.5) is 0 Å². The van der Waals surface area contributed by atoms with E-state index in [4.69, 9.17) is 0 Å². The van der Waals surface area contributed by atoms with Crippen LogP contribution in [0.5, 0.6) is 0 Å². The number of aliphatic hydroxyl groups is 1. The molecule has 108 valence electrons. The van der Waals surface area contributed by atoms with Crippen molar-refractivity contribution in [1.82, 2.24) is 10.2 Å². The van der Waals surface area contributed by atoms with Crippen molar-refractivity contribution in [2.24, 2.45) is 0 Å². The summed E-state index contributed by atoms with van der Waals surface area (Å²) >= 11 is 0. The summed E-state index contributed by atoms with van der Waals surface area (Å²) in [6, 6.07) is 6.32. The van der Waals surface area contributed by atoms with Gasteiger partial charge in [0.2, 0.25) is 0 Å². The zero-order valence-electron chi connectivity index (χ0n) is 12.7. The highest BCUT2D eigenvalue weighted by Crippen LogP contribution is 2.19. The van der Waals surface area contributed by atoms with E-state index in [1.807, 2.05) is 0 Å². The summed E-state index contributed by atoms with van der Waals surface area (Å²) in [6.07, 6.45) is 0. The van der Waals surface area contributed by atoms with Crippen molar-refractivity contribution in [1.29, 1.82) is 0 Å². The minimum atomic E-state index is 0.0375. The monoisotopic (exact) mass is 264 g/mol. The fourth-order valence-corrected chi connectivity index (χ4v) is 2.36. The maximum Gasteiger partial charge on any atom is 0.0626 e. The average molecular weight is 264 g/mol. The van der Waals surface area contributed by atoms with Crippen molar-refractivity contribution >= 4 is 0 Å². The third kappa shape index (κ3) is 4.60. The van der Waals surface area contributed by atoms with Crippen molar-refractivity contribution in [3.05, 3.63) is 34.9 Å². The van der Waals surface area contributed by atoms with E-state index in [1.54, 1.807) is 0 Å². The summed E-state index contributed by atoms with van der Waals surface area (Å²) in [6.45, 7) is 12.8. The smallest absolute Gasteiger partial charge is 0.0626 e. The second-order valence-electron chi connectivity index (χ2n) is 5.01. The van der Waals surface area contributed by atoms with E-state index in [0.717, 1.165) is 26.2 Å². The first kappa shape index (κ1) is 16.2. The van der Waals surface area contributed by atoms with Gasteiger partial charge in [-0.15, -0.1) is 0 Å². The summed E-state index contributed by atoms with van der Waals surface area (Å²) < 4.78 is 0. The van der Waals surface area contributed by atoms with Crippen LogP contribution in [-0.4, -0.2) is 42.8 Å². The Bertz CT molecular complexity index is 375. The lowest BCUT2D eigenvalue weighted by atomic mass is 9.98. The molecule has 0 spiro atoms. The molecule has 1 unspecified atom stereocenters. The first-order chi connectivity index (χ1) is 9.13. The molecule has 1 aromatic carbocycles. The molecule has 2 N–H and O–H groups in total. The van der Waals surface area contributed by atoms with Crippen LogP contribution in [0.2, 0.25) is 0 Å². The highest BCUT2D eigenvalue weighted by atomic mass is 16.3. The van der Waals surface area contributed by atoms with E-state index < -0.39 is 0 Å². The summed E-state index contributed by atoms with van der Waals surface area (Å²) in [7, 11) is 0. The number of aliphatic hydroxyl groups excluding tert-OH is 1. The van der Waals surface area contributed by atoms with Gasteiger partial charge in [0.1, 0.15) is 0 Å². The molecule has 0 bridgehead atoms. The lowest BCUT2D eigenvalue weighted by Gasteiger charge is -2.23. The number of aryl methyl sites for hydroxylation is 1. The van der Waals surface area contributed by atoms with Gasteiger partial charge in [0, 0.05) is 13.1 Å². The molecule has 19 heavy (non-hydrogen) atoms.